The van der Waals surface area contributed by atoms with Crippen LogP contribution in [-0.2, 0) is 14.9 Å². The van der Waals surface area contributed by atoms with Gasteiger partial charge in [0.1, 0.15) is 0 Å². The van der Waals surface area contributed by atoms with E-state index in [2.05, 4.69) is 15.9 Å². The van der Waals surface area contributed by atoms with E-state index in [0.29, 0.717) is 16.5 Å². The number of carbonyl (C=O) groups is 3. The van der Waals surface area contributed by atoms with Crippen LogP contribution in [0.15, 0.2) is 18.2 Å². The fraction of sp³-hybridized carbons (Fsp3) is 0.357. The summed E-state index contributed by atoms with van der Waals surface area (Å²) >= 11 is 3.31. The lowest BCUT2D eigenvalue weighted by molar-refractivity contribution is -0.143. The molecule has 0 aliphatic carbocycles. The molecule has 0 atom stereocenters. The van der Waals surface area contributed by atoms with Crippen LogP contribution in [0, 0.1) is 0 Å². The van der Waals surface area contributed by atoms with Gasteiger partial charge in [-0.25, -0.2) is 0 Å². The van der Waals surface area contributed by atoms with Crippen LogP contribution < -0.4 is 0 Å². The standard InChI is InChI=1S/C14H14BrNO4/c1-2-20-12(17)5-6-16-13(18)10-4-3-9(8-15)7-11(10)14(16)19/h3-4,7H,2,5-6,8H2,1H3. The number of benzene rings is 1. The van der Waals surface area contributed by atoms with Crippen molar-refractivity contribution >= 4 is 33.7 Å². The van der Waals surface area contributed by atoms with E-state index in [-0.39, 0.29) is 31.4 Å². The van der Waals surface area contributed by atoms with Gasteiger partial charge in [0.05, 0.1) is 24.2 Å². The smallest absolute Gasteiger partial charge is 0.307 e. The normalized spacial score (nSPS) is 13.6. The monoisotopic (exact) mass is 339 g/mol. The van der Waals surface area contributed by atoms with Crippen molar-refractivity contribution in [1.29, 1.82) is 0 Å². The molecule has 2 amide bonds. The third-order valence-electron chi connectivity index (χ3n) is 3.03. The lowest BCUT2D eigenvalue weighted by atomic mass is 10.1. The van der Waals surface area contributed by atoms with Gasteiger partial charge in [-0.15, -0.1) is 0 Å². The minimum Gasteiger partial charge on any atom is -0.466 e. The number of rotatable bonds is 5. The SMILES string of the molecule is CCOC(=O)CCN1C(=O)c2ccc(CBr)cc2C1=O. The van der Waals surface area contributed by atoms with Crippen LogP contribution in [0.4, 0.5) is 0 Å². The van der Waals surface area contributed by atoms with Crippen molar-refractivity contribution in [2.24, 2.45) is 0 Å². The van der Waals surface area contributed by atoms with E-state index in [1.165, 1.54) is 0 Å². The van der Waals surface area contributed by atoms with Gasteiger partial charge in [-0.3, -0.25) is 19.3 Å². The van der Waals surface area contributed by atoms with Crippen molar-refractivity contribution in [2.75, 3.05) is 13.2 Å². The van der Waals surface area contributed by atoms with E-state index in [0.717, 1.165) is 10.5 Å². The average Bonchev–Trinajstić information content (AvgIpc) is 2.69. The van der Waals surface area contributed by atoms with Crippen molar-refractivity contribution in [2.45, 2.75) is 18.7 Å². The van der Waals surface area contributed by atoms with Crippen LogP contribution in [0.5, 0.6) is 0 Å². The molecule has 0 radical (unpaired) electrons. The van der Waals surface area contributed by atoms with Gasteiger partial charge in [0.2, 0.25) is 0 Å². The van der Waals surface area contributed by atoms with Crippen molar-refractivity contribution in [1.82, 2.24) is 4.90 Å². The summed E-state index contributed by atoms with van der Waals surface area (Å²) in [5, 5.41) is 0.616. The van der Waals surface area contributed by atoms with E-state index in [9.17, 15) is 14.4 Å². The molecule has 0 spiro atoms. The Kier molecular flexibility index (Phi) is 4.54. The van der Waals surface area contributed by atoms with Crippen molar-refractivity contribution < 1.29 is 19.1 Å². The van der Waals surface area contributed by atoms with E-state index >= 15 is 0 Å². The van der Waals surface area contributed by atoms with Gasteiger partial charge in [0, 0.05) is 11.9 Å². The van der Waals surface area contributed by atoms with Gasteiger partial charge in [0.25, 0.3) is 11.8 Å². The molecular weight excluding hydrogens is 326 g/mol. The molecule has 0 unspecified atom stereocenters. The van der Waals surface area contributed by atoms with Gasteiger partial charge in [-0.2, -0.15) is 0 Å². The first-order chi connectivity index (χ1) is 9.58. The second kappa shape index (κ2) is 6.17. The molecule has 0 N–H and O–H groups in total. The zero-order chi connectivity index (χ0) is 14.7. The number of carbonyl (C=O) groups excluding carboxylic acids is 3. The number of ether oxygens (including phenoxy) is 1. The summed E-state index contributed by atoms with van der Waals surface area (Å²) in [4.78, 5) is 36.7. The second-order valence-corrected chi connectivity index (χ2v) is 4.89. The van der Waals surface area contributed by atoms with Crippen LogP contribution in [0.1, 0.15) is 39.6 Å². The molecule has 1 aromatic rings. The Morgan fingerprint density at radius 2 is 1.95 bits per heavy atom. The maximum atomic E-state index is 12.2. The minimum atomic E-state index is -0.412. The van der Waals surface area contributed by atoms with Crippen LogP contribution in [0.25, 0.3) is 0 Å². The molecule has 0 fully saturated rings. The number of nitrogens with zero attached hydrogens (tertiary/aromatic N) is 1. The highest BCUT2D eigenvalue weighted by atomic mass is 79.9. The maximum absolute atomic E-state index is 12.2. The summed E-state index contributed by atoms with van der Waals surface area (Å²) in [7, 11) is 0. The van der Waals surface area contributed by atoms with Crippen LogP contribution in [-0.4, -0.2) is 35.8 Å². The van der Waals surface area contributed by atoms with Crippen LogP contribution >= 0.6 is 15.9 Å². The molecule has 1 aliphatic heterocycles. The number of hydrogen-bond donors (Lipinski definition) is 0. The van der Waals surface area contributed by atoms with Gasteiger partial charge in [0.15, 0.2) is 0 Å². The molecule has 106 valence electrons. The molecule has 1 aliphatic rings. The summed E-state index contributed by atoms with van der Waals surface area (Å²) in [6, 6.07) is 5.15. The third-order valence-corrected chi connectivity index (χ3v) is 3.68. The minimum absolute atomic E-state index is 0.0185. The van der Waals surface area contributed by atoms with E-state index in [1.807, 2.05) is 0 Å². The fourth-order valence-electron chi connectivity index (χ4n) is 2.06. The summed E-state index contributed by atoms with van der Waals surface area (Å²) in [6.07, 6.45) is 0.0185. The first kappa shape index (κ1) is 14.7. The Morgan fingerprint density at radius 3 is 2.60 bits per heavy atom. The summed E-state index contributed by atoms with van der Waals surface area (Å²) < 4.78 is 4.79. The molecule has 0 aromatic heterocycles. The molecule has 0 saturated heterocycles. The van der Waals surface area contributed by atoms with Gasteiger partial charge < -0.3 is 4.74 Å². The highest BCUT2D eigenvalue weighted by Crippen LogP contribution is 2.24. The Morgan fingerprint density at radius 1 is 1.25 bits per heavy atom. The Balaban J connectivity index is 2.13. The molecule has 1 heterocycles. The van der Waals surface area contributed by atoms with Crippen molar-refractivity contribution in [3.8, 4) is 0 Å². The predicted octanol–water partition coefficient (Wildman–Crippen LogP) is 2.13. The summed E-state index contributed by atoms with van der Waals surface area (Å²) in [5.74, 6) is -1.11. The van der Waals surface area contributed by atoms with E-state index < -0.39 is 5.97 Å². The molecule has 20 heavy (non-hydrogen) atoms. The Bertz CT molecular complexity index is 570. The predicted molar refractivity (Wildman–Crippen MR) is 75.7 cm³/mol. The second-order valence-electron chi connectivity index (χ2n) is 4.33. The summed E-state index contributed by atoms with van der Waals surface area (Å²) in [6.45, 7) is 2.05. The van der Waals surface area contributed by atoms with Crippen LogP contribution in [0.2, 0.25) is 0 Å². The fourth-order valence-corrected chi connectivity index (χ4v) is 2.41. The van der Waals surface area contributed by atoms with Crippen molar-refractivity contribution in [3.05, 3.63) is 34.9 Å². The summed E-state index contributed by atoms with van der Waals surface area (Å²) in [5.41, 5.74) is 1.72. The number of halogens is 1. The number of alkyl halides is 1. The quantitative estimate of drug-likeness (QED) is 0.468. The first-order valence-corrected chi connectivity index (χ1v) is 7.41. The lowest BCUT2D eigenvalue weighted by Gasteiger charge is -2.12. The number of hydrogen-bond acceptors (Lipinski definition) is 4. The molecule has 5 nitrogen and oxygen atoms in total. The maximum Gasteiger partial charge on any atom is 0.307 e. The molecule has 2 rings (SSSR count). The zero-order valence-electron chi connectivity index (χ0n) is 11.0. The lowest BCUT2D eigenvalue weighted by Crippen LogP contribution is -2.32. The highest BCUT2D eigenvalue weighted by molar-refractivity contribution is 9.08. The third kappa shape index (κ3) is 2.75. The van der Waals surface area contributed by atoms with Gasteiger partial charge >= 0.3 is 5.97 Å². The molecule has 1 aromatic carbocycles. The molecular formula is C14H14BrNO4. The van der Waals surface area contributed by atoms with Crippen molar-refractivity contribution in [3.63, 3.8) is 0 Å². The number of imide groups is 1. The topological polar surface area (TPSA) is 63.7 Å². The zero-order valence-corrected chi connectivity index (χ0v) is 12.6. The number of amides is 2. The van der Waals surface area contributed by atoms with Gasteiger partial charge in [-0.05, 0) is 24.6 Å². The molecule has 0 bridgehead atoms. The number of fused-ring (bicyclic) bond motifs is 1. The number of esters is 1. The average molecular weight is 340 g/mol. The van der Waals surface area contributed by atoms with E-state index in [4.69, 9.17) is 4.74 Å². The molecule has 0 saturated carbocycles. The Hall–Kier alpha value is -1.69. The van der Waals surface area contributed by atoms with E-state index in [1.54, 1.807) is 25.1 Å². The Labute approximate surface area is 125 Å². The van der Waals surface area contributed by atoms with Gasteiger partial charge in [-0.1, -0.05) is 22.0 Å². The molecule has 6 heteroatoms. The first-order valence-electron chi connectivity index (χ1n) is 6.29. The highest BCUT2D eigenvalue weighted by Gasteiger charge is 2.35. The largest absolute Gasteiger partial charge is 0.466 e. The van der Waals surface area contributed by atoms with Crippen LogP contribution in [0.3, 0.4) is 0 Å².